The SMILES string of the molecule is CC[C@H]1OC(=O)[C@H](C)[C@@H](O[C@H]2C[C@@](C)(OC)[C@@H](OC(=O)NCCN(CC)C(SC)c3ccccc3OC)[C@H](C)O2)[C@H](C)[C@@H](O[C@@H]2O[C@H](C)CN(C(C)C)[C@H]2O)[C@](C)(O)C[C@@H](C)[C@H](N)[C@H](C)[C@H](O)[C@]1(C)O. The molecule has 0 aliphatic carbocycles. The number of carbonyl (C=O) groups excluding carboxylic acids is 2. The summed E-state index contributed by atoms with van der Waals surface area (Å²) in [6.07, 6.45) is -8.68. The van der Waals surface area contributed by atoms with Gasteiger partial charge in [0.05, 0.1) is 54.5 Å². The Morgan fingerprint density at radius 3 is 2.23 bits per heavy atom. The summed E-state index contributed by atoms with van der Waals surface area (Å²) in [7, 11) is 3.17. The first kappa shape index (κ1) is 60.2. The van der Waals surface area contributed by atoms with Gasteiger partial charge in [-0.25, -0.2) is 4.79 Å². The minimum Gasteiger partial charge on any atom is -0.496 e. The molecule has 3 aliphatic rings. The molecule has 0 bridgehead atoms. The van der Waals surface area contributed by atoms with Crippen LogP contribution >= 0.6 is 11.8 Å². The maximum absolute atomic E-state index is 14.5. The van der Waals surface area contributed by atoms with E-state index in [-0.39, 0.29) is 36.8 Å². The first-order valence-corrected chi connectivity index (χ1v) is 26.6. The topological polar surface area (TPSA) is 233 Å². The maximum atomic E-state index is 14.5. The molecule has 3 fully saturated rings. The minimum absolute atomic E-state index is 0.0120. The molecule has 1 amide bonds. The quantitative estimate of drug-likeness (QED) is 0.0943. The number of amides is 1. The Hall–Kier alpha value is -2.37. The lowest BCUT2D eigenvalue weighted by Gasteiger charge is -2.50. The molecule has 3 saturated heterocycles. The molecule has 1 aromatic rings. The van der Waals surface area contributed by atoms with Crippen LogP contribution < -0.4 is 15.8 Å². The highest BCUT2D eigenvalue weighted by molar-refractivity contribution is 7.98. The molecule has 1 unspecified atom stereocenters. The van der Waals surface area contributed by atoms with Gasteiger partial charge in [-0.15, -0.1) is 11.8 Å². The Labute approximate surface area is 422 Å². The Bertz CT molecular complexity index is 1800. The Kier molecular flexibility index (Phi) is 22.1. The number of nitrogens with two attached hydrogens (primary N) is 1. The van der Waals surface area contributed by atoms with Crippen LogP contribution in [0.5, 0.6) is 5.75 Å². The number of aliphatic hydroxyl groups is 4. The molecule has 0 saturated carbocycles. The van der Waals surface area contributed by atoms with E-state index in [1.165, 1.54) is 14.0 Å². The lowest BCUT2D eigenvalue weighted by molar-refractivity contribution is -0.331. The first-order chi connectivity index (χ1) is 32.7. The summed E-state index contributed by atoms with van der Waals surface area (Å²) in [6.45, 7) is 25.2. The molecular weight excluding hydrogens is 925 g/mol. The predicted molar refractivity (Wildman–Crippen MR) is 268 cm³/mol. The number of para-hydroxylation sites is 1. The van der Waals surface area contributed by atoms with Crippen LogP contribution in [0.3, 0.4) is 0 Å². The number of nitrogens with one attached hydrogen (secondary N) is 1. The molecule has 19 heteroatoms. The molecule has 1 aromatic carbocycles. The number of hydrogen-bond donors (Lipinski definition) is 6. The molecule has 70 heavy (non-hydrogen) atoms. The van der Waals surface area contributed by atoms with Crippen LogP contribution in [0, 0.1) is 23.7 Å². The number of benzene rings is 1. The van der Waals surface area contributed by atoms with Gasteiger partial charge in [-0.1, -0.05) is 52.8 Å². The van der Waals surface area contributed by atoms with Gasteiger partial charge >= 0.3 is 12.1 Å². The smallest absolute Gasteiger partial charge is 0.407 e. The number of morpholine rings is 1. The molecular formula is C51H90N4O14S. The van der Waals surface area contributed by atoms with Crippen molar-refractivity contribution in [2.24, 2.45) is 29.4 Å². The highest BCUT2D eigenvalue weighted by Gasteiger charge is 2.54. The van der Waals surface area contributed by atoms with E-state index in [1.807, 2.05) is 63.1 Å². The van der Waals surface area contributed by atoms with Gasteiger partial charge in [0.25, 0.3) is 0 Å². The second kappa shape index (κ2) is 25.7. The fraction of sp³-hybridized carbons (Fsp3) is 0.843. The van der Waals surface area contributed by atoms with Gasteiger partial charge in [0.15, 0.2) is 24.9 Å². The van der Waals surface area contributed by atoms with Gasteiger partial charge < -0.3 is 69.4 Å². The predicted octanol–water partition coefficient (Wildman–Crippen LogP) is 5.02. The second-order valence-corrected chi connectivity index (χ2v) is 21.9. The van der Waals surface area contributed by atoms with E-state index in [9.17, 15) is 30.0 Å². The third kappa shape index (κ3) is 14.1. The first-order valence-electron chi connectivity index (χ1n) is 25.3. The zero-order chi connectivity index (χ0) is 52.6. The molecule has 0 spiro atoms. The number of alkyl carbamates (subject to hydrolysis) is 1. The van der Waals surface area contributed by atoms with Crippen LogP contribution in [-0.4, -0.2) is 179 Å². The van der Waals surface area contributed by atoms with E-state index in [4.69, 9.17) is 43.6 Å². The number of likely N-dealkylation sites (N-methyl/N-ethyl adjacent to an activating group) is 1. The van der Waals surface area contributed by atoms with Crippen LogP contribution in [0.4, 0.5) is 4.79 Å². The van der Waals surface area contributed by atoms with Crippen molar-refractivity contribution < 1.29 is 67.9 Å². The van der Waals surface area contributed by atoms with Gasteiger partial charge in [0, 0.05) is 62.6 Å². The fourth-order valence-corrected chi connectivity index (χ4v) is 11.9. The van der Waals surface area contributed by atoms with E-state index in [0.29, 0.717) is 19.6 Å². The number of aliphatic hydroxyl groups excluding tert-OH is 2. The molecule has 0 radical (unpaired) electrons. The van der Waals surface area contributed by atoms with Crippen molar-refractivity contribution in [1.82, 2.24) is 15.1 Å². The summed E-state index contributed by atoms with van der Waals surface area (Å²) in [5, 5.41) is 50.9. The van der Waals surface area contributed by atoms with Crippen LogP contribution in [0.2, 0.25) is 0 Å². The number of ether oxygens (including phenoxy) is 8. The van der Waals surface area contributed by atoms with E-state index in [2.05, 4.69) is 17.1 Å². The van der Waals surface area contributed by atoms with Gasteiger partial charge in [-0.2, -0.15) is 0 Å². The highest BCUT2D eigenvalue weighted by atomic mass is 32.2. The van der Waals surface area contributed by atoms with Crippen molar-refractivity contribution in [3.8, 4) is 5.75 Å². The zero-order valence-corrected chi connectivity index (χ0v) is 45.6. The van der Waals surface area contributed by atoms with E-state index in [1.54, 1.807) is 67.3 Å². The molecule has 3 aliphatic heterocycles. The monoisotopic (exact) mass is 1010 g/mol. The molecule has 18 nitrogen and oxygen atoms in total. The Balaban J connectivity index is 1.66. The highest BCUT2D eigenvalue weighted by Crippen LogP contribution is 2.42. The van der Waals surface area contributed by atoms with Crippen LogP contribution in [-0.2, 0) is 38.0 Å². The Morgan fingerprint density at radius 2 is 1.64 bits per heavy atom. The number of nitrogens with zero attached hydrogens (tertiary/aromatic N) is 2. The van der Waals surface area contributed by atoms with Crippen LogP contribution in [0.15, 0.2) is 24.3 Å². The molecule has 4 rings (SSSR count). The van der Waals surface area contributed by atoms with E-state index >= 15 is 0 Å². The summed E-state index contributed by atoms with van der Waals surface area (Å²) in [5.41, 5.74) is 3.10. The van der Waals surface area contributed by atoms with Crippen molar-refractivity contribution in [2.45, 2.75) is 205 Å². The lowest BCUT2D eigenvalue weighted by Crippen LogP contribution is -2.63. The molecule has 7 N–H and O–H groups in total. The number of carbonyl (C=O) groups is 2. The Morgan fingerprint density at radius 1 is 0.986 bits per heavy atom. The van der Waals surface area contributed by atoms with E-state index in [0.717, 1.165) is 17.9 Å². The third-order valence-corrected chi connectivity index (χ3v) is 16.2. The zero-order valence-electron chi connectivity index (χ0n) is 44.8. The van der Waals surface area contributed by atoms with Crippen molar-refractivity contribution >= 4 is 23.8 Å². The van der Waals surface area contributed by atoms with Gasteiger partial charge in [-0.05, 0) is 93.0 Å². The second-order valence-electron chi connectivity index (χ2n) is 21.0. The van der Waals surface area contributed by atoms with Crippen LogP contribution in [0.1, 0.15) is 120 Å². The fourth-order valence-electron chi connectivity index (χ4n) is 10.9. The van der Waals surface area contributed by atoms with Crippen molar-refractivity contribution in [3.05, 3.63) is 29.8 Å². The third-order valence-electron chi connectivity index (χ3n) is 15.2. The van der Waals surface area contributed by atoms with Gasteiger partial charge in [-0.3, -0.25) is 14.6 Å². The largest absolute Gasteiger partial charge is 0.496 e. The van der Waals surface area contributed by atoms with Gasteiger partial charge in [0.1, 0.15) is 23.1 Å². The number of cyclic esters (lactones) is 1. The van der Waals surface area contributed by atoms with Crippen molar-refractivity contribution in [1.29, 1.82) is 0 Å². The maximum Gasteiger partial charge on any atom is 0.407 e. The number of thioether (sulfide) groups is 1. The summed E-state index contributed by atoms with van der Waals surface area (Å²) < 4.78 is 50.4. The van der Waals surface area contributed by atoms with Gasteiger partial charge in [0.2, 0.25) is 0 Å². The number of methoxy groups -OCH3 is 2. The standard InChI is InChI=1S/C51H90N4O14S/c1-17-37-51(13,61)41(56)31(7)39(52)29(5)25-49(11,60)42(68-47-44(57)55(28(3)4)27-30(6)64-47)32(8)40(33(9)46(58)66-37)67-38-26-50(12,63-15)43(34(10)65-38)69-48(59)53-23-24-54(18-2)45(70-16)35-21-19-20-22-36(35)62-14/h19-22,28-34,37-45,47,56-57,60-61H,17-18,23-27,52H2,1-16H3,(H,53,59)/t29-,30-,31+,32+,33-,34+,37-,38+,39+,40+,41+,42-,43+,44+,45?,47+,49-,50-,51-/m1/s1. The minimum atomic E-state index is -1.90. The number of hydrogen-bond acceptors (Lipinski definition) is 18. The normalized spacial score (nSPS) is 40.0. The summed E-state index contributed by atoms with van der Waals surface area (Å²) >= 11 is 1.68. The molecule has 0 aromatic heterocycles. The summed E-state index contributed by atoms with van der Waals surface area (Å²) in [6, 6.07) is 7.09. The van der Waals surface area contributed by atoms with E-state index < -0.39 is 114 Å². The van der Waals surface area contributed by atoms with Crippen molar-refractivity contribution in [2.75, 3.05) is 46.7 Å². The number of rotatable bonds is 16. The molecule has 19 atom stereocenters. The average molecular weight is 1020 g/mol. The van der Waals surface area contributed by atoms with Crippen LogP contribution in [0.25, 0.3) is 0 Å². The van der Waals surface area contributed by atoms with Crippen molar-refractivity contribution in [3.63, 3.8) is 0 Å². The number of esters is 1. The average Bonchev–Trinajstić information content (AvgIpc) is 3.31. The summed E-state index contributed by atoms with van der Waals surface area (Å²) in [5.74, 6) is -3.04. The summed E-state index contributed by atoms with van der Waals surface area (Å²) in [4.78, 5) is 32.2. The lowest BCUT2D eigenvalue weighted by atomic mass is 9.72. The molecule has 3 heterocycles. The molecule has 404 valence electrons.